The van der Waals surface area contributed by atoms with Gasteiger partial charge in [0.2, 0.25) is 0 Å². The molecule has 0 saturated heterocycles. The molecule has 4 nitrogen and oxygen atoms in total. The molecule has 0 unspecified atom stereocenters. The Bertz CT molecular complexity index is 1640. The Morgan fingerprint density at radius 1 is 0.417 bits per heavy atom. The highest BCUT2D eigenvalue weighted by atomic mass is 16.3. The Morgan fingerprint density at radius 2 is 0.806 bits per heavy atom. The molecule has 0 aliphatic heterocycles. The number of hydrogen-bond acceptors (Lipinski definition) is 4. The Kier molecular flexibility index (Phi) is 4.74. The Labute approximate surface area is 207 Å². The van der Waals surface area contributed by atoms with Gasteiger partial charge in [-0.15, -0.1) is 0 Å². The number of nitrogens with zero attached hydrogens (tertiary/aromatic N) is 2. The Morgan fingerprint density at radius 3 is 1.17 bits per heavy atom. The van der Waals surface area contributed by atoms with Gasteiger partial charge in [-0.25, -0.2) is 9.97 Å². The van der Waals surface area contributed by atoms with E-state index in [1.54, 1.807) is 12.4 Å². The summed E-state index contributed by atoms with van der Waals surface area (Å²) in [6.07, 6.45) is 6.43. The molecule has 7 rings (SSSR count). The molecule has 0 N–H and O–H groups in total. The first kappa shape index (κ1) is 20.4. The monoisotopic (exact) mass is 464 g/mol. The Hall–Kier alpha value is -4.96. The van der Waals surface area contributed by atoms with Gasteiger partial charge in [0.25, 0.3) is 0 Å². The zero-order valence-electron chi connectivity index (χ0n) is 19.3. The van der Waals surface area contributed by atoms with Gasteiger partial charge in [0.1, 0.15) is 0 Å². The molecule has 0 aliphatic carbocycles. The van der Waals surface area contributed by atoms with E-state index >= 15 is 0 Å². The second kappa shape index (κ2) is 8.36. The predicted molar refractivity (Wildman–Crippen MR) is 143 cm³/mol. The number of rotatable bonds is 4. The van der Waals surface area contributed by atoms with Crippen molar-refractivity contribution in [1.29, 1.82) is 0 Å². The highest BCUT2D eigenvalue weighted by Crippen LogP contribution is 2.44. The molecule has 7 aromatic rings. The SMILES string of the molecule is c1cc(-c2cnco2)cc(-c2c3ccccc3c(-c3cccc(-c4cnco4)c3)c3ccccc23)c1. The highest BCUT2D eigenvalue weighted by Gasteiger charge is 2.17. The van der Waals surface area contributed by atoms with Crippen LogP contribution in [0, 0.1) is 0 Å². The summed E-state index contributed by atoms with van der Waals surface area (Å²) in [4.78, 5) is 8.19. The average Bonchev–Trinajstić information content (AvgIpc) is 3.67. The van der Waals surface area contributed by atoms with Crippen molar-refractivity contribution in [3.8, 4) is 44.9 Å². The first-order valence-corrected chi connectivity index (χ1v) is 11.8. The molecular formula is C32H20N2O2. The first-order chi connectivity index (χ1) is 17.9. The molecule has 0 radical (unpaired) electrons. The maximum atomic E-state index is 5.58. The van der Waals surface area contributed by atoms with Gasteiger partial charge in [-0.1, -0.05) is 84.9 Å². The Balaban J connectivity index is 1.54. The second-order valence-electron chi connectivity index (χ2n) is 8.73. The summed E-state index contributed by atoms with van der Waals surface area (Å²) >= 11 is 0. The molecule has 36 heavy (non-hydrogen) atoms. The maximum absolute atomic E-state index is 5.58. The molecule has 170 valence electrons. The van der Waals surface area contributed by atoms with Gasteiger partial charge in [0, 0.05) is 11.1 Å². The molecule has 0 amide bonds. The zero-order chi connectivity index (χ0) is 23.9. The molecular weight excluding hydrogens is 444 g/mol. The summed E-state index contributed by atoms with van der Waals surface area (Å²) in [7, 11) is 0. The van der Waals surface area contributed by atoms with Crippen molar-refractivity contribution >= 4 is 21.5 Å². The lowest BCUT2D eigenvalue weighted by atomic mass is 9.85. The van der Waals surface area contributed by atoms with Crippen LogP contribution in [-0.2, 0) is 0 Å². The van der Waals surface area contributed by atoms with Gasteiger partial charge in [0.15, 0.2) is 24.3 Å². The van der Waals surface area contributed by atoms with Gasteiger partial charge in [-0.2, -0.15) is 0 Å². The van der Waals surface area contributed by atoms with E-state index in [-0.39, 0.29) is 0 Å². The zero-order valence-corrected chi connectivity index (χ0v) is 19.3. The number of oxazole rings is 2. The summed E-state index contributed by atoms with van der Waals surface area (Å²) in [5.74, 6) is 1.51. The van der Waals surface area contributed by atoms with Crippen LogP contribution in [0.5, 0.6) is 0 Å². The molecule has 0 saturated carbocycles. The van der Waals surface area contributed by atoms with E-state index in [2.05, 4.69) is 107 Å². The number of benzene rings is 5. The van der Waals surface area contributed by atoms with Crippen molar-refractivity contribution in [2.75, 3.05) is 0 Å². The maximum Gasteiger partial charge on any atom is 0.181 e. The van der Waals surface area contributed by atoms with Crippen molar-refractivity contribution in [2.24, 2.45) is 0 Å². The lowest BCUT2D eigenvalue weighted by Gasteiger charge is -2.18. The lowest BCUT2D eigenvalue weighted by molar-refractivity contribution is 0.571. The summed E-state index contributed by atoms with van der Waals surface area (Å²) < 4.78 is 11.2. The summed E-state index contributed by atoms with van der Waals surface area (Å²) in [6.45, 7) is 0. The van der Waals surface area contributed by atoms with Crippen LogP contribution in [0.1, 0.15) is 0 Å². The molecule has 0 fully saturated rings. The van der Waals surface area contributed by atoms with E-state index in [9.17, 15) is 0 Å². The number of hydrogen-bond donors (Lipinski definition) is 0. The second-order valence-corrected chi connectivity index (χ2v) is 8.73. The lowest BCUT2D eigenvalue weighted by Crippen LogP contribution is -1.91. The van der Waals surface area contributed by atoms with E-state index in [0.29, 0.717) is 0 Å². The summed E-state index contributed by atoms with van der Waals surface area (Å²) in [6, 6.07) is 34.2. The fourth-order valence-corrected chi connectivity index (χ4v) is 5.12. The van der Waals surface area contributed by atoms with Gasteiger partial charge in [0.05, 0.1) is 12.4 Å². The minimum Gasteiger partial charge on any atom is -0.444 e. The molecule has 5 aromatic carbocycles. The quantitative estimate of drug-likeness (QED) is 0.245. The minimum atomic E-state index is 0.756. The van der Waals surface area contributed by atoms with Crippen LogP contribution in [-0.4, -0.2) is 9.97 Å². The number of fused-ring (bicyclic) bond motifs is 2. The fraction of sp³-hybridized carbons (Fsp3) is 0. The molecule has 2 heterocycles. The van der Waals surface area contributed by atoms with Gasteiger partial charge in [-0.05, 0) is 55.9 Å². The summed E-state index contributed by atoms with van der Waals surface area (Å²) in [5, 5.41) is 4.80. The van der Waals surface area contributed by atoms with Gasteiger partial charge < -0.3 is 8.83 Å². The third-order valence-corrected chi connectivity index (χ3v) is 6.67. The molecule has 0 aliphatic rings. The fourth-order valence-electron chi connectivity index (χ4n) is 5.12. The molecule has 0 bridgehead atoms. The van der Waals surface area contributed by atoms with Crippen molar-refractivity contribution in [2.45, 2.75) is 0 Å². The minimum absolute atomic E-state index is 0.756. The van der Waals surface area contributed by atoms with Crippen LogP contribution < -0.4 is 0 Å². The molecule has 2 aromatic heterocycles. The third-order valence-electron chi connectivity index (χ3n) is 6.67. The van der Waals surface area contributed by atoms with E-state index in [0.717, 1.165) is 33.8 Å². The van der Waals surface area contributed by atoms with Gasteiger partial charge >= 0.3 is 0 Å². The van der Waals surface area contributed by atoms with Gasteiger partial charge in [-0.3, -0.25) is 0 Å². The van der Waals surface area contributed by atoms with Crippen LogP contribution in [0.4, 0.5) is 0 Å². The summed E-state index contributed by atoms with van der Waals surface area (Å²) in [5.41, 5.74) is 6.69. The predicted octanol–water partition coefficient (Wildman–Crippen LogP) is 8.64. The standard InChI is InChI=1S/C32H20N2O2/c1-2-12-26-25(11-1)31(23-9-5-7-21(15-23)29-17-33-19-35-29)27-13-3-4-14-28(27)32(26)24-10-6-8-22(16-24)30-18-34-20-36-30/h1-20H. The van der Waals surface area contributed by atoms with Crippen LogP contribution >= 0.6 is 0 Å². The molecule has 0 spiro atoms. The van der Waals surface area contributed by atoms with Crippen LogP contribution in [0.25, 0.3) is 66.4 Å². The number of aromatic nitrogens is 2. The van der Waals surface area contributed by atoms with Crippen molar-refractivity contribution in [3.05, 3.63) is 122 Å². The molecule has 0 atom stereocenters. The third kappa shape index (κ3) is 3.31. The first-order valence-electron chi connectivity index (χ1n) is 11.8. The van der Waals surface area contributed by atoms with Crippen LogP contribution in [0.2, 0.25) is 0 Å². The topological polar surface area (TPSA) is 52.1 Å². The van der Waals surface area contributed by atoms with E-state index < -0.39 is 0 Å². The van der Waals surface area contributed by atoms with Crippen LogP contribution in [0.15, 0.2) is 131 Å². The van der Waals surface area contributed by atoms with E-state index in [1.807, 2.05) is 0 Å². The average molecular weight is 465 g/mol. The smallest absolute Gasteiger partial charge is 0.181 e. The van der Waals surface area contributed by atoms with Crippen molar-refractivity contribution in [1.82, 2.24) is 9.97 Å². The largest absolute Gasteiger partial charge is 0.444 e. The van der Waals surface area contributed by atoms with Crippen LogP contribution in [0.3, 0.4) is 0 Å². The van der Waals surface area contributed by atoms with Crippen molar-refractivity contribution in [3.63, 3.8) is 0 Å². The van der Waals surface area contributed by atoms with Crippen molar-refractivity contribution < 1.29 is 8.83 Å². The highest BCUT2D eigenvalue weighted by molar-refractivity contribution is 6.21. The van der Waals surface area contributed by atoms with E-state index in [1.165, 1.54) is 45.5 Å². The van der Waals surface area contributed by atoms with E-state index in [4.69, 9.17) is 8.83 Å². The normalized spacial score (nSPS) is 11.3. The molecule has 4 heteroatoms.